The fourth-order valence-corrected chi connectivity index (χ4v) is 10.5. The van der Waals surface area contributed by atoms with E-state index in [1.807, 2.05) is 66.7 Å². The minimum absolute atomic E-state index is 0.0397. The lowest BCUT2D eigenvalue weighted by Crippen LogP contribution is -2.31. The van der Waals surface area contributed by atoms with Gasteiger partial charge in [-0.05, 0) is 136 Å². The molecule has 9 aromatic rings. The summed E-state index contributed by atoms with van der Waals surface area (Å²) < 4.78 is 82.7. The molecule has 0 aliphatic carbocycles. The fourth-order valence-electron chi connectivity index (χ4n) is 10.5. The number of hydrogen-bond donors (Lipinski definition) is 0. The van der Waals surface area contributed by atoms with Gasteiger partial charge in [0.1, 0.15) is 19.0 Å². The SMILES string of the molecule is CC1=N/C(=C(/c2c(C)cc(OC(=O)C(F)(F)c3ccc4c5cccc6cccc(c7cccc3c74)c65)cc2C)c2c(C)c(C(=O)OCc3ccccc3)c(C)n2B(F)F)C(C)=C1C(=O)OCc1ccccc1. The van der Waals surface area contributed by atoms with Crippen LogP contribution in [0.1, 0.15) is 74.5 Å². The van der Waals surface area contributed by atoms with Crippen LogP contribution in [0.4, 0.5) is 17.4 Å². The van der Waals surface area contributed by atoms with E-state index in [9.17, 15) is 14.4 Å². The molecule has 0 spiro atoms. The Morgan fingerprint density at radius 3 is 1.72 bits per heavy atom. The van der Waals surface area contributed by atoms with Crippen molar-refractivity contribution in [1.82, 2.24) is 4.48 Å². The zero-order chi connectivity index (χ0) is 50.7. The van der Waals surface area contributed by atoms with Crippen molar-refractivity contribution < 1.29 is 46.0 Å². The molecule has 8 aromatic carbocycles. The Morgan fingerprint density at radius 2 is 1.14 bits per heavy atom. The molecule has 0 amide bonds. The minimum atomic E-state index is -4.13. The van der Waals surface area contributed by atoms with Gasteiger partial charge in [-0.1, -0.05) is 127 Å². The number of hydrogen-bond acceptors (Lipinski definition) is 7. The molecule has 0 saturated heterocycles. The summed E-state index contributed by atoms with van der Waals surface area (Å²) in [7, 11) is -3.18. The highest BCUT2D eigenvalue weighted by Crippen LogP contribution is 2.46. The normalized spacial score (nSPS) is 13.6. The van der Waals surface area contributed by atoms with Gasteiger partial charge in [0.2, 0.25) is 0 Å². The number of allylic oxidation sites excluding steroid dienone is 1. The first kappa shape index (κ1) is 47.4. The summed E-state index contributed by atoms with van der Waals surface area (Å²) in [5.74, 6) is -7.70. The van der Waals surface area contributed by atoms with E-state index in [4.69, 9.17) is 19.2 Å². The molecule has 1 aliphatic rings. The number of benzene rings is 8. The number of fused-ring (bicyclic) bond motifs is 2. The van der Waals surface area contributed by atoms with Gasteiger partial charge in [0.15, 0.2) is 0 Å². The molecule has 10 rings (SSSR count). The number of alkyl halides is 2. The van der Waals surface area contributed by atoms with Gasteiger partial charge < -0.3 is 18.7 Å². The maximum Gasteiger partial charge on any atom is 0.677 e. The van der Waals surface area contributed by atoms with Gasteiger partial charge >= 0.3 is 31.2 Å². The molecule has 358 valence electrons. The molecule has 0 unspecified atom stereocenters. The molecule has 13 heteroatoms. The van der Waals surface area contributed by atoms with Crippen LogP contribution >= 0.6 is 0 Å². The monoisotopic (exact) mass is 964 g/mol. The molecule has 0 fully saturated rings. The third-order valence-corrected chi connectivity index (χ3v) is 13.7. The zero-order valence-electron chi connectivity index (χ0n) is 40.1. The fraction of sp³-hybridized carbons (Fsp3) is 0.153. The van der Waals surface area contributed by atoms with Gasteiger partial charge in [-0.25, -0.2) is 14.4 Å². The third kappa shape index (κ3) is 7.98. The summed E-state index contributed by atoms with van der Waals surface area (Å²) in [5.41, 5.74) is 2.68. The molecule has 0 saturated carbocycles. The summed E-state index contributed by atoms with van der Waals surface area (Å²) in [4.78, 5) is 46.5. The maximum absolute atomic E-state index is 16.8. The smallest absolute Gasteiger partial charge is 0.457 e. The van der Waals surface area contributed by atoms with Crippen molar-refractivity contribution in [3.63, 3.8) is 0 Å². The number of halogens is 4. The molecular formula is C59H45BF4N2O6. The summed E-state index contributed by atoms with van der Waals surface area (Å²) >= 11 is 0. The van der Waals surface area contributed by atoms with Gasteiger partial charge in [-0.2, -0.15) is 8.78 Å². The number of aliphatic imine (C=N–C) groups is 1. The molecule has 0 atom stereocenters. The summed E-state index contributed by atoms with van der Waals surface area (Å²) in [5, 5.41) is 6.18. The van der Waals surface area contributed by atoms with Crippen molar-refractivity contribution in [2.24, 2.45) is 4.99 Å². The van der Waals surface area contributed by atoms with Gasteiger partial charge in [-0.3, -0.25) is 13.6 Å². The van der Waals surface area contributed by atoms with Gasteiger partial charge in [-0.15, -0.1) is 0 Å². The van der Waals surface area contributed by atoms with Crippen molar-refractivity contribution in [2.75, 3.05) is 0 Å². The van der Waals surface area contributed by atoms with Crippen LogP contribution in [-0.4, -0.2) is 35.5 Å². The largest absolute Gasteiger partial charge is 0.677 e. The van der Waals surface area contributed by atoms with Crippen LogP contribution in [0.15, 0.2) is 161 Å². The van der Waals surface area contributed by atoms with Crippen molar-refractivity contribution in [3.05, 3.63) is 212 Å². The first-order chi connectivity index (χ1) is 34.6. The number of carbonyl (C=O) groups is 3. The van der Waals surface area contributed by atoms with Crippen LogP contribution in [0.2, 0.25) is 0 Å². The molecule has 1 aromatic heterocycles. The number of esters is 3. The average molecular weight is 965 g/mol. The predicted molar refractivity (Wildman–Crippen MR) is 274 cm³/mol. The molecule has 72 heavy (non-hydrogen) atoms. The second-order valence-corrected chi connectivity index (χ2v) is 18.1. The second kappa shape index (κ2) is 18.5. The standard InChI is InChI=1S/C59H45BF4N2O6/c1-32-28-41(72-58(69)59(61,62)47-27-26-45-43-23-14-21-40-20-13-22-42(51(40)43)44-24-15-25-46(47)52(44)45)29-33(2)48(32)53(54-34(3)49(36(5)65-54)56(67)70-30-38-16-9-7-10-17-38)55-35(4)50(37(6)66(55)60(63)64)57(68)71-31-39-18-11-8-12-19-39/h7-29H,30-31H2,1-6H3/b54-53-. The van der Waals surface area contributed by atoms with E-state index < -0.39 is 36.8 Å². The van der Waals surface area contributed by atoms with Crippen LogP contribution < -0.4 is 4.74 Å². The third-order valence-electron chi connectivity index (χ3n) is 13.7. The molecule has 0 radical (unpaired) electrons. The topological polar surface area (TPSA) is 96.2 Å². The highest BCUT2D eigenvalue weighted by molar-refractivity contribution is 6.42. The van der Waals surface area contributed by atoms with Crippen LogP contribution in [-0.2, 0) is 38.2 Å². The molecule has 1 aliphatic heterocycles. The Hall–Kier alpha value is -8.32. The second-order valence-electron chi connectivity index (χ2n) is 18.1. The van der Waals surface area contributed by atoms with Gasteiger partial charge in [0.25, 0.3) is 0 Å². The van der Waals surface area contributed by atoms with Crippen LogP contribution in [0.25, 0.3) is 48.7 Å². The van der Waals surface area contributed by atoms with E-state index in [1.165, 1.54) is 32.0 Å². The molecule has 8 nitrogen and oxygen atoms in total. The van der Waals surface area contributed by atoms with E-state index in [2.05, 4.69) is 0 Å². The van der Waals surface area contributed by atoms with E-state index in [0.29, 0.717) is 33.2 Å². The number of aromatic nitrogens is 1. The highest BCUT2D eigenvalue weighted by Gasteiger charge is 2.45. The number of carbonyl (C=O) groups excluding carboxylic acids is 3. The summed E-state index contributed by atoms with van der Waals surface area (Å²) in [6.07, 6.45) is 0. The van der Waals surface area contributed by atoms with Crippen molar-refractivity contribution in [3.8, 4) is 5.75 Å². The van der Waals surface area contributed by atoms with E-state index in [1.54, 1.807) is 82.3 Å². The highest BCUT2D eigenvalue weighted by atomic mass is 19.3. The molecule has 0 bridgehead atoms. The lowest BCUT2D eigenvalue weighted by Gasteiger charge is -2.22. The first-order valence-corrected chi connectivity index (χ1v) is 23.3. The quantitative estimate of drug-likeness (QED) is 0.0302. The number of aryl methyl sites for hydroxylation is 2. The van der Waals surface area contributed by atoms with Crippen LogP contribution in [0, 0.1) is 27.7 Å². The Labute approximate surface area is 412 Å². The summed E-state index contributed by atoms with van der Waals surface area (Å²) in [6.45, 7) is 9.25. The number of nitrogens with zero attached hydrogens (tertiary/aromatic N) is 2. The lowest BCUT2D eigenvalue weighted by atomic mass is 9.87. The predicted octanol–water partition coefficient (Wildman–Crippen LogP) is 13.9. The molecular weight excluding hydrogens is 919 g/mol. The van der Waals surface area contributed by atoms with Crippen LogP contribution in [0.3, 0.4) is 0 Å². The van der Waals surface area contributed by atoms with E-state index >= 15 is 17.4 Å². The minimum Gasteiger partial charge on any atom is -0.457 e. The Kier molecular flexibility index (Phi) is 12.1. The first-order valence-electron chi connectivity index (χ1n) is 23.3. The lowest BCUT2D eigenvalue weighted by molar-refractivity contribution is -0.162. The number of ether oxygens (including phenoxy) is 3. The van der Waals surface area contributed by atoms with Crippen molar-refractivity contribution in [2.45, 2.75) is 60.7 Å². The molecule has 2 heterocycles. The Balaban J connectivity index is 1.07. The van der Waals surface area contributed by atoms with Gasteiger partial charge in [0, 0.05) is 22.5 Å². The Morgan fingerprint density at radius 1 is 0.611 bits per heavy atom. The molecule has 0 N–H and O–H groups in total. The zero-order valence-corrected chi connectivity index (χ0v) is 40.1. The van der Waals surface area contributed by atoms with Crippen molar-refractivity contribution in [1.29, 1.82) is 0 Å². The van der Waals surface area contributed by atoms with E-state index in [0.717, 1.165) is 42.4 Å². The van der Waals surface area contributed by atoms with Crippen LogP contribution in [0.5, 0.6) is 5.75 Å². The van der Waals surface area contributed by atoms with Gasteiger partial charge in [0.05, 0.1) is 22.5 Å². The summed E-state index contributed by atoms with van der Waals surface area (Å²) in [6, 6.07) is 40.6. The number of rotatable bonds is 12. The maximum atomic E-state index is 16.8. The Bertz CT molecular complexity index is 3730. The van der Waals surface area contributed by atoms with E-state index in [-0.39, 0.29) is 69.4 Å². The average Bonchev–Trinajstić information content (AvgIpc) is 3.81. The van der Waals surface area contributed by atoms with Crippen molar-refractivity contribution >= 4 is 79.7 Å².